The van der Waals surface area contributed by atoms with Crippen molar-refractivity contribution in [3.8, 4) is 0 Å². The molecule has 0 bridgehead atoms. The molecular formula is C83H133NO28. The second kappa shape index (κ2) is 62.6. The average molecular weight is 1590 g/mol. The lowest BCUT2D eigenvalue weighted by Gasteiger charge is -2.27. The van der Waals surface area contributed by atoms with Gasteiger partial charge in [0.25, 0.3) is 0 Å². The number of carboxylic acid groups (broad SMARTS) is 4. The monoisotopic (exact) mass is 1590 g/mol. The summed E-state index contributed by atoms with van der Waals surface area (Å²) in [5.41, 5.74) is -1.04. The van der Waals surface area contributed by atoms with Crippen LogP contribution in [0.5, 0.6) is 0 Å². The van der Waals surface area contributed by atoms with Crippen LogP contribution in [0.2, 0.25) is 0 Å². The summed E-state index contributed by atoms with van der Waals surface area (Å²) in [6.45, 7) is 27.1. The van der Waals surface area contributed by atoms with Crippen LogP contribution >= 0.6 is 0 Å². The Bertz CT molecular complexity index is 3070. The fraction of sp³-hybridized carbons (Fsp3) is 0.687. The summed E-state index contributed by atoms with van der Waals surface area (Å²) in [5.74, 6) is -8.27. The minimum atomic E-state index is -1.20. The van der Waals surface area contributed by atoms with Crippen LogP contribution in [0.1, 0.15) is 277 Å². The van der Waals surface area contributed by atoms with Crippen molar-refractivity contribution in [2.24, 2.45) is 34.0 Å². The molecule has 1 aliphatic carbocycles. The van der Waals surface area contributed by atoms with Crippen LogP contribution in [0.25, 0.3) is 0 Å². The molecule has 0 spiro atoms. The van der Waals surface area contributed by atoms with Gasteiger partial charge in [0.05, 0.1) is 77.8 Å². The van der Waals surface area contributed by atoms with Crippen LogP contribution in [0, 0.1) is 34.0 Å². The Kier molecular flexibility index (Phi) is 60.0. The molecule has 2 aromatic rings. The minimum Gasteiger partial charge on any atom is -0.481 e. The molecule has 0 radical (unpaired) electrons. The highest BCUT2D eigenvalue weighted by Gasteiger charge is 2.37. The zero-order valence-electron chi connectivity index (χ0n) is 69.6. The first-order valence-corrected chi connectivity index (χ1v) is 38.9. The maximum atomic E-state index is 12.0. The van der Waals surface area contributed by atoms with Gasteiger partial charge < -0.3 is 77.9 Å². The highest BCUT2D eigenvalue weighted by atomic mass is 16.6. The average Bonchev–Trinajstić information content (AvgIpc) is 0.831. The number of hydrogen-bond donors (Lipinski definition) is 5. The summed E-state index contributed by atoms with van der Waals surface area (Å²) in [7, 11) is 3.38. The van der Waals surface area contributed by atoms with E-state index >= 15 is 0 Å². The van der Waals surface area contributed by atoms with Gasteiger partial charge in [-0.2, -0.15) is 0 Å². The maximum Gasteiger partial charge on any atom is 0.339 e. The van der Waals surface area contributed by atoms with Crippen molar-refractivity contribution in [3.63, 3.8) is 0 Å². The number of esters is 8. The first kappa shape index (κ1) is 107. The van der Waals surface area contributed by atoms with Gasteiger partial charge in [0, 0.05) is 47.0 Å². The Morgan fingerprint density at radius 2 is 0.875 bits per heavy atom. The molecule has 1 saturated carbocycles. The second-order valence-electron chi connectivity index (χ2n) is 28.9. The van der Waals surface area contributed by atoms with E-state index in [0.717, 1.165) is 89.2 Å². The zero-order valence-corrected chi connectivity index (χ0v) is 69.6. The lowest BCUT2D eigenvalue weighted by molar-refractivity contribution is -0.164. The first-order chi connectivity index (χ1) is 52.7. The Morgan fingerprint density at radius 1 is 0.455 bits per heavy atom. The number of ether oxygens (including phenoxy) is 10. The van der Waals surface area contributed by atoms with E-state index in [0.29, 0.717) is 77.6 Å². The van der Waals surface area contributed by atoms with Gasteiger partial charge in [-0.25, -0.2) is 9.59 Å². The number of unbranched alkanes of at least 4 members (excludes halogenated alkanes) is 8. The van der Waals surface area contributed by atoms with E-state index in [-0.39, 0.29) is 123 Å². The van der Waals surface area contributed by atoms with E-state index in [4.69, 9.17) is 67.8 Å². The molecule has 29 heteroatoms. The van der Waals surface area contributed by atoms with Crippen LogP contribution in [0.4, 0.5) is 0 Å². The number of hydrogen-bond acceptors (Lipinski definition) is 24. The topological polar surface area (TPSA) is 424 Å². The van der Waals surface area contributed by atoms with Crippen LogP contribution in [-0.4, -0.2) is 184 Å². The molecule has 1 fully saturated rings. The molecule has 0 heterocycles. The molecular weight excluding hydrogens is 1460 g/mol. The molecule has 0 aliphatic heterocycles. The van der Waals surface area contributed by atoms with Crippen molar-refractivity contribution in [2.45, 2.75) is 257 Å². The number of rotatable bonds is 48. The number of aromatic carboxylic acids is 1. The number of benzene rings is 2. The van der Waals surface area contributed by atoms with Gasteiger partial charge in [-0.1, -0.05) is 109 Å². The first-order valence-electron chi connectivity index (χ1n) is 38.9. The molecule has 638 valence electrons. The van der Waals surface area contributed by atoms with Crippen LogP contribution in [0.3, 0.4) is 0 Å². The summed E-state index contributed by atoms with van der Waals surface area (Å²) in [4.78, 5) is 156. The molecule has 112 heavy (non-hydrogen) atoms. The van der Waals surface area contributed by atoms with Crippen LogP contribution < -0.4 is 5.32 Å². The summed E-state index contributed by atoms with van der Waals surface area (Å²) >= 11 is 0. The van der Waals surface area contributed by atoms with Crippen LogP contribution in [-0.2, 0) is 111 Å². The number of carbonyl (C=O) groups excluding carboxylic acids is 10. The zero-order chi connectivity index (χ0) is 85.7. The van der Waals surface area contributed by atoms with E-state index in [1.807, 2.05) is 71.9 Å². The molecule has 4 unspecified atom stereocenters. The minimum absolute atomic E-state index is 0.00153. The summed E-state index contributed by atoms with van der Waals surface area (Å²) < 4.78 is 50.5. The number of Topliss-reactive ketones (excluding diaryl/α,β-unsaturated/α-hetero) is 1. The number of amides is 1. The smallest absolute Gasteiger partial charge is 0.339 e. The van der Waals surface area contributed by atoms with E-state index in [2.05, 4.69) is 5.32 Å². The third kappa shape index (κ3) is 53.1. The molecule has 4 atom stereocenters. The number of ketones is 1. The number of aliphatic carboxylic acids is 3. The van der Waals surface area contributed by atoms with Crippen molar-refractivity contribution in [2.75, 3.05) is 80.2 Å². The molecule has 1 aliphatic rings. The Labute approximate surface area is 663 Å². The molecule has 3 rings (SSSR count). The Morgan fingerprint density at radius 3 is 1.34 bits per heavy atom. The number of methoxy groups -OCH3 is 2. The summed E-state index contributed by atoms with van der Waals surface area (Å²) in [6.07, 6.45) is 16.1. The van der Waals surface area contributed by atoms with Crippen molar-refractivity contribution >= 4 is 83.3 Å². The summed E-state index contributed by atoms with van der Waals surface area (Å²) in [6, 6.07) is 15.9. The molecule has 0 saturated heterocycles. The van der Waals surface area contributed by atoms with Gasteiger partial charge in [0.2, 0.25) is 5.91 Å². The van der Waals surface area contributed by atoms with E-state index < -0.39 is 69.9 Å². The SMILES string of the molecule is CC(=O)CCCCCCCNC(C)=O.CCC(C)(C)C(=O)OCCOC(=O)C1CCCCC1C(=O)O.CCC(C)(C)C(=O)OCCOC(=O)CCC(=O)O.CCC(C)(C)C(=O)OCCOC(=O)c1ccccc1C(=O)O.CCC(C)C(=O)OCCCCCC(=O)OCCCCCC(=O)O.COCC(C)(OC)c1ccccc1. The molecule has 0 aromatic heterocycles. The van der Waals surface area contributed by atoms with E-state index in [9.17, 15) is 67.1 Å². The normalized spacial score (nSPS) is 13.6. The maximum absolute atomic E-state index is 12.0. The van der Waals surface area contributed by atoms with Gasteiger partial charge in [0.15, 0.2) is 0 Å². The number of nitrogens with one attached hydrogen (secondary N) is 1. The van der Waals surface area contributed by atoms with Crippen LogP contribution in [0.15, 0.2) is 54.6 Å². The molecule has 2 aromatic carbocycles. The van der Waals surface area contributed by atoms with Crippen molar-refractivity contribution in [1.29, 1.82) is 0 Å². The van der Waals surface area contributed by atoms with E-state index in [1.165, 1.54) is 25.1 Å². The highest BCUT2D eigenvalue weighted by Crippen LogP contribution is 2.32. The van der Waals surface area contributed by atoms with Crippen molar-refractivity contribution in [3.05, 3.63) is 71.3 Å². The predicted octanol–water partition coefficient (Wildman–Crippen LogP) is 13.9. The quantitative estimate of drug-likeness (QED) is 0.0233. The predicted molar refractivity (Wildman–Crippen MR) is 416 cm³/mol. The third-order valence-electron chi connectivity index (χ3n) is 18.2. The molecule has 29 nitrogen and oxygen atoms in total. The van der Waals surface area contributed by atoms with Gasteiger partial charge in [-0.3, -0.25) is 52.7 Å². The standard InChI is InChI=1S/C17H30O6.C16H26O6.C16H20O6.C12H20O6.C11H21NO2.C11H16O2/c1-3-14(2)17(21)23-13-9-5-7-11-16(20)22-12-8-4-6-10-15(18)19;2*1-4-16(2,3)15(20)22-10-9-21-14(19)12-8-6-5-7-11(12)13(17)18;1-4-12(2,3)11(16)18-8-7-17-10(15)6-5-9(13)14;1-10(13)8-6-4-3-5-7-9-12-11(2)14;1-11(13-3,9-12-2)10-7-5-4-6-8-10/h14H,3-13H2,1-2H3,(H,18,19);11-12H,4-10H2,1-3H3,(H,17,18);5-8H,4,9-10H2,1-3H3,(H,17,18);4-8H2,1-3H3,(H,13,14);3-9H2,1-2H3,(H,12,14);4-8H,9H2,1-3H3. The number of carbonyl (C=O) groups is 14. The molecule has 1 amide bonds. The third-order valence-corrected chi connectivity index (χ3v) is 18.2. The largest absolute Gasteiger partial charge is 0.481 e. The Balaban J connectivity index is -0.00000129. The lowest BCUT2D eigenvalue weighted by Crippen LogP contribution is -2.34. The molecule has 5 N–H and O–H groups in total. The fourth-order valence-corrected chi connectivity index (χ4v) is 9.34. The van der Waals surface area contributed by atoms with E-state index in [1.54, 1.807) is 68.8 Å². The van der Waals surface area contributed by atoms with Crippen molar-refractivity contribution in [1.82, 2.24) is 5.32 Å². The second-order valence-corrected chi connectivity index (χ2v) is 28.9. The van der Waals surface area contributed by atoms with Crippen molar-refractivity contribution < 1.29 is 135 Å². The van der Waals surface area contributed by atoms with Gasteiger partial charge in [-0.05, 0) is 163 Å². The van der Waals surface area contributed by atoms with Gasteiger partial charge in [-0.15, -0.1) is 0 Å². The number of carboxylic acids is 4. The highest BCUT2D eigenvalue weighted by molar-refractivity contribution is 6.02. The summed E-state index contributed by atoms with van der Waals surface area (Å²) in [5, 5.41) is 37.7. The fourth-order valence-electron chi connectivity index (χ4n) is 9.34. The lowest BCUT2D eigenvalue weighted by atomic mass is 9.79. The Hall–Kier alpha value is -8.86. The van der Waals surface area contributed by atoms with Gasteiger partial charge in [0.1, 0.15) is 51.0 Å². The van der Waals surface area contributed by atoms with Gasteiger partial charge >= 0.3 is 71.6 Å².